The first-order chi connectivity index (χ1) is 5.86. The van der Waals surface area contributed by atoms with E-state index in [-0.39, 0.29) is 0 Å². The number of hydrogen-bond donors (Lipinski definition) is 0. The zero-order chi connectivity index (χ0) is 8.39. The van der Waals surface area contributed by atoms with E-state index in [0.717, 1.165) is 5.69 Å². The van der Waals surface area contributed by atoms with Crippen molar-refractivity contribution in [1.82, 2.24) is 9.55 Å². The average molecular weight is 158 g/mol. The molecule has 2 rings (SSSR count). The van der Waals surface area contributed by atoms with Crippen LogP contribution in [0.3, 0.4) is 0 Å². The predicted octanol–water partition coefficient (Wildman–Crippen LogP) is 2.18. The molecule has 0 spiro atoms. The van der Waals surface area contributed by atoms with Crippen molar-refractivity contribution in [1.29, 1.82) is 0 Å². The second kappa shape index (κ2) is 2.81. The van der Waals surface area contributed by atoms with Gasteiger partial charge in [-0.2, -0.15) is 0 Å². The molecule has 0 saturated heterocycles. The van der Waals surface area contributed by atoms with Crippen LogP contribution < -0.4 is 0 Å². The number of rotatable bonds is 1. The van der Waals surface area contributed by atoms with Gasteiger partial charge in [0.2, 0.25) is 0 Å². The van der Waals surface area contributed by atoms with E-state index in [1.165, 1.54) is 5.56 Å². The molecule has 0 aromatic carbocycles. The predicted molar refractivity (Wildman–Crippen MR) is 48.3 cm³/mol. The van der Waals surface area contributed by atoms with Crippen molar-refractivity contribution in [2.45, 2.75) is 6.92 Å². The standard InChI is InChI=1S/C10H10N2/c1-9-6-10(8-11-7-9)12-4-2-3-5-12/h2-8H,1H3. The Labute approximate surface area is 71.5 Å². The molecule has 0 aliphatic carbocycles. The largest absolute Gasteiger partial charge is 0.322 e. The molecule has 12 heavy (non-hydrogen) atoms. The van der Waals surface area contributed by atoms with Gasteiger partial charge in [-0.15, -0.1) is 0 Å². The molecule has 0 radical (unpaired) electrons. The zero-order valence-electron chi connectivity index (χ0n) is 6.94. The molecular weight excluding hydrogens is 148 g/mol. The van der Waals surface area contributed by atoms with Crippen molar-refractivity contribution in [2.24, 2.45) is 0 Å². The molecule has 2 heterocycles. The first kappa shape index (κ1) is 7.10. The summed E-state index contributed by atoms with van der Waals surface area (Å²) in [7, 11) is 0. The Kier molecular flexibility index (Phi) is 1.67. The molecule has 0 atom stereocenters. The van der Waals surface area contributed by atoms with E-state index in [2.05, 4.69) is 11.1 Å². The van der Waals surface area contributed by atoms with Crippen LogP contribution in [0.25, 0.3) is 5.69 Å². The number of pyridine rings is 1. The summed E-state index contributed by atoms with van der Waals surface area (Å²) in [5, 5.41) is 0. The smallest absolute Gasteiger partial charge is 0.0636 e. The Bertz CT molecular complexity index is 363. The average Bonchev–Trinajstić information content (AvgIpc) is 2.56. The number of aromatic nitrogens is 2. The highest BCUT2D eigenvalue weighted by molar-refractivity contribution is 5.31. The second-order valence-electron chi connectivity index (χ2n) is 2.81. The van der Waals surface area contributed by atoms with Crippen molar-refractivity contribution < 1.29 is 0 Å². The van der Waals surface area contributed by atoms with Crippen molar-refractivity contribution >= 4 is 0 Å². The maximum absolute atomic E-state index is 4.12. The summed E-state index contributed by atoms with van der Waals surface area (Å²) in [6, 6.07) is 6.11. The van der Waals surface area contributed by atoms with Gasteiger partial charge in [0.05, 0.1) is 11.9 Å². The minimum absolute atomic E-state index is 1.11. The van der Waals surface area contributed by atoms with Crippen molar-refractivity contribution in [2.75, 3.05) is 0 Å². The molecule has 2 nitrogen and oxygen atoms in total. The third-order valence-electron chi connectivity index (χ3n) is 1.76. The van der Waals surface area contributed by atoms with Gasteiger partial charge in [-0.3, -0.25) is 4.98 Å². The molecule has 0 fully saturated rings. The summed E-state index contributed by atoms with van der Waals surface area (Å²) in [5.41, 5.74) is 2.29. The van der Waals surface area contributed by atoms with Crippen LogP contribution in [0.1, 0.15) is 5.56 Å². The molecule has 60 valence electrons. The van der Waals surface area contributed by atoms with Crippen LogP contribution in [0.5, 0.6) is 0 Å². The van der Waals surface area contributed by atoms with Gasteiger partial charge in [0.1, 0.15) is 0 Å². The molecule has 0 bridgehead atoms. The molecular formula is C10H10N2. The van der Waals surface area contributed by atoms with Crippen molar-refractivity contribution in [3.63, 3.8) is 0 Å². The molecule has 0 N–H and O–H groups in total. The third-order valence-corrected chi connectivity index (χ3v) is 1.76. The number of nitrogens with zero attached hydrogens (tertiary/aromatic N) is 2. The molecule has 0 saturated carbocycles. The Balaban J connectivity index is 2.48. The van der Waals surface area contributed by atoms with Gasteiger partial charge in [0, 0.05) is 18.6 Å². The molecule has 2 heteroatoms. The first-order valence-corrected chi connectivity index (χ1v) is 3.91. The number of hydrogen-bond acceptors (Lipinski definition) is 1. The highest BCUT2D eigenvalue weighted by Gasteiger charge is 1.93. The quantitative estimate of drug-likeness (QED) is 0.622. The SMILES string of the molecule is Cc1cncc(-n2cccc2)c1. The van der Waals surface area contributed by atoms with E-state index in [4.69, 9.17) is 0 Å². The highest BCUT2D eigenvalue weighted by Crippen LogP contribution is 2.07. The highest BCUT2D eigenvalue weighted by atomic mass is 14.9. The maximum atomic E-state index is 4.12. The lowest BCUT2D eigenvalue weighted by molar-refractivity contribution is 1.05. The molecule has 2 aromatic heterocycles. The first-order valence-electron chi connectivity index (χ1n) is 3.91. The lowest BCUT2D eigenvalue weighted by Gasteiger charge is -2.01. The van der Waals surface area contributed by atoms with Gasteiger partial charge in [-0.25, -0.2) is 0 Å². The molecule has 2 aromatic rings. The van der Waals surface area contributed by atoms with Gasteiger partial charge >= 0.3 is 0 Å². The fourth-order valence-corrected chi connectivity index (χ4v) is 1.19. The maximum Gasteiger partial charge on any atom is 0.0636 e. The van der Waals surface area contributed by atoms with Crippen LogP contribution in [0, 0.1) is 6.92 Å². The molecule has 0 aliphatic heterocycles. The Morgan fingerprint density at radius 2 is 1.92 bits per heavy atom. The topological polar surface area (TPSA) is 17.8 Å². The number of aryl methyl sites for hydroxylation is 1. The van der Waals surface area contributed by atoms with E-state index in [0.29, 0.717) is 0 Å². The fourth-order valence-electron chi connectivity index (χ4n) is 1.19. The van der Waals surface area contributed by atoms with Crippen LogP contribution in [-0.4, -0.2) is 9.55 Å². The summed E-state index contributed by atoms with van der Waals surface area (Å²) in [6.07, 6.45) is 7.73. The fraction of sp³-hybridized carbons (Fsp3) is 0.100. The van der Waals surface area contributed by atoms with Crippen molar-refractivity contribution in [3.8, 4) is 5.69 Å². The van der Waals surface area contributed by atoms with Crippen LogP contribution >= 0.6 is 0 Å². The van der Waals surface area contributed by atoms with Gasteiger partial charge < -0.3 is 4.57 Å². The normalized spacial score (nSPS) is 10.1. The summed E-state index contributed by atoms with van der Waals surface area (Å²) >= 11 is 0. The van der Waals surface area contributed by atoms with Crippen LogP contribution in [0.4, 0.5) is 0 Å². The van der Waals surface area contributed by atoms with Crippen LogP contribution in [0.2, 0.25) is 0 Å². The minimum atomic E-state index is 1.11. The third kappa shape index (κ3) is 1.23. The summed E-state index contributed by atoms with van der Waals surface area (Å²) in [5.74, 6) is 0. The summed E-state index contributed by atoms with van der Waals surface area (Å²) in [6.45, 7) is 2.04. The van der Waals surface area contributed by atoms with Gasteiger partial charge in [0.15, 0.2) is 0 Å². The zero-order valence-corrected chi connectivity index (χ0v) is 6.94. The van der Waals surface area contributed by atoms with Crippen LogP contribution in [0.15, 0.2) is 43.0 Å². The van der Waals surface area contributed by atoms with E-state index in [9.17, 15) is 0 Å². The van der Waals surface area contributed by atoms with Gasteiger partial charge in [0.25, 0.3) is 0 Å². The van der Waals surface area contributed by atoms with E-state index < -0.39 is 0 Å². The lowest BCUT2D eigenvalue weighted by Crippen LogP contribution is -1.90. The van der Waals surface area contributed by atoms with Crippen LogP contribution in [-0.2, 0) is 0 Å². The Morgan fingerprint density at radius 3 is 2.58 bits per heavy atom. The monoisotopic (exact) mass is 158 g/mol. The molecule has 0 aliphatic rings. The molecule has 0 unspecified atom stereocenters. The van der Waals surface area contributed by atoms with Gasteiger partial charge in [-0.05, 0) is 30.7 Å². The Hall–Kier alpha value is -1.57. The second-order valence-corrected chi connectivity index (χ2v) is 2.81. The Morgan fingerprint density at radius 1 is 1.17 bits per heavy atom. The lowest BCUT2D eigenvalue weighted by atomic mass is 10.3. The van der Waals surface area contributed by atoms with E-state index in [1.807, 2.05) is 48.4 Å². The summed E-state index contributed by atoms with van der Waals surface area (Å²) in [4.78, 5) is 4.12. The minimum Gasteiger partial charge on any atom is -0.322 e. The van der Waals surface area contributed by atoms with Gasteiger partial charge in [-0.1, -0.05) is 0 Å². The molecule has 0 amide bonds. The van der Waals surface area contributed by atoms with E-state index in [1.54, 1.807) is 0 Å². The van der Waals surface area contributed by atoms with Crippen molar-refractivity contribution in [3.05, 3.63) is 48.5 Å². The summed E-state index contributed by atoms with van der Waals surface area (Å²) < 4.78 is 2.04. The van der Waals surface area contributed by atoms with E-state index >= 15 is 0 Å².